The summed E-state index contributed by atoms with van der Waals surface area (Å²) in [4.78, 5) is 0. The third-order valence-corrected chi connectivity index (χ3v) is 4.46. The summed E-state index contributed by atoms with van der Waals surface area (Å²) in [6, 6.07) is 17.3. The van der Waals surface area contributed by atoms with Crippen LogP contribution < -0.4 is 0 Å². The van der Waals surface area contributed by atoms with Crippen LogP contribution in [0.4, 0.5) is 0 Å². The average molecular weight is 243 g/mol. The molecule has 0 aromatic heterocycles. The van der Waals surface area contributed by atoms with Crippen molar-refractivity contribution in [1.82, 2.24) is 0 Å². The number of hydrogen-bond acceptors (Lipinski definition) is 0. The first-order valence-electron chi connectivity index (χ1n) is 6.09. The number of benzene rings is 2. The lowest BCUT2D eigenvalue weighted by atomic mass is 9.78. The molecule has 17 heavy (non-hydrogen) atoms. The van der Waals surface area contributed by atoms with Crippen LogP contribution in [0.2, 0.25) is 0 Å². The normalized spacial score (nSPS) is 15.4. The third-order valence-electron chi connectivity index (χ3n) is 4.01. The molecule has 0 fully saturated rings. The highest BCUT2D eigenvalue weighted by Gasteiger charge is 2.40. The molecule has 0 saturated carbocycles. The van der Waals surface area contributed by atoms with E-state index in [0.29, 0.717) is 5.88 Å². The fourth-order valence-electron chi connectivity index (χ4n) is 3.04. The van der Waals surface area contributed by atoms with E-state index in [-0.39, 0.29) is 5.41 Å². The lowest BCUT2D eigenvalue weighted by Crippen LogP contribution is -2.26. The van der Waals surface area contributed by atoms with Gasteiger partial charge in [0.1, 0.15) is 0 Å². The van der Waals surface area contributed by atoms with Crippen LogP contribution in [0, 0.1) is 0 Å². The molecule has 86 valence electrons. The Morgan fingerprint density at radius 2 is 1.35 bits per heavy atom. The number of alkyl halides is 1. The molecule has 1 aliphatic rings. The zero-order valence-corrected chi connectivity index (χ0v) is 10.7. The minimum absolute atomic E-state index is 0.00867. The van der Waals surface area contributed by atoms with Crippen LogP contribution in [0.3, 0.4) is 0 Å². The summed E-state index contributed by atoms with van der Waals surface area (Å²) in [5.74, 6) is 0.650. The quantitative estimate of drug-likeness (QED) is 0.675. The summed E-state index contributed by atoms with van der Waals surface area (Å²) in [6.07, 6.45) is 1.05. The molecule has 1 aliphatic carbocycles. The Labute approximate surface area is 107 Å². The van der Waals surface area contributed by atoms with Crippen LogP contribution in [0.5, 0.6) is 0 Å². The first-order valence-corrected chi connectivity index (χ1v) is 6.62. The van der Waals surface area contributed by atoms with E-state index in [1.807, 2.05) is 0 Å². The topological polar surface area (TPSA) is 0 Å². The average Bonchev–Trinajstić information content (AvgIpc) is 2.70. The van der Waals surface area contributed by atoms with Gasteiger partial charge in [0.15, 0.2) is 0 Å². The lowest BCUT2D eigenvalue weighted by Gasteiger charge is -2.28. The summed E-state index contributed by atoms with van der Waals surface area (Å²) in [5.41, 5.74) is 5.49. The van der Waals surface area contributed by atoms with E-state index < -0.39 is 0 Å². The zero-order chi connectivity index (χ0) is 11.9. The Kier molecular flexibility index (Phi) is 2.48. The van der Waals surface area contributed by atoms with Gasteiger partial charge in [0.25, 0.3) is 0 Å². The molecular weight excluding hydrogens is 228 g/mol. The van der Waals surface area contributed by atoms with E-state index in [9.17, 15) is 0 Å². The SMILES string of the molecule is CCC1(CCl)c2ccccc2-c2ccccc21. The molecule has 0 amide bonds. The smallest absolute Gasteiger partial charge is 0.0361 e. The minimum atomic E-state index is 0.00867. The molecule has 0 radical (unpaired) electrons. The monoisotopic (exact) mass is 242 g/mol. The second-order valence-corrected chi connectivity index (χ2v) is 4.93. The fourth-order valence-corrected chi connectivity index (χ4v) is 3.51. The van der Waals surface area contributed by atoms with Crippen molar-refractivity contribution in [2.45, 2.75) is 18.8 Å². The maximum absolute atomic E-state index is 6.32. The van der Waals surface area contributed by atoms with Crippen LogP contribution in [-0.2, 0) is 5.41 Å². The lowest BCUT2D eigenvalue weighted by molar-refractivity contribution is 0.571. The molecule has 0 unspecified atom stereocenters. The van der Waals surface area contributed by atoms with Gasteiger partial charge in [0, 0.05) is 11.3 Å². The van der Waals surface area contributed by atoms with Crippen LogP contribution in [0.15, 0.2) is 48.5 Å². The molecule has 0 aliphatic heterocycles. The predicted octanol–water partition coefficient (Wildman–Crippen LogP) is 4.60. The molecule has 2 aromatic carbocycles. The van der Waals surface area contributed by atoms with E-state index in [4.69, 9.17) is 11.6 Å². The van der Waals surface area contributed by atoms with Crippen molar-refractivity contribution in [3.8, 4) is 11.1 Å². The summed E-state index contributed by atoms with van der Waals surface area (Å²) in [6.45, 7) is 2.22. The molecule has 1 heteroatoms. The molecule has 0 nitrogen and oxygen atoms in total. The van der Waals surface area contributed by atoms with Crippen molar-refractivity contribution in [2.75, 3.05) is 5.88 Å². The Bertz CT molecular complexity index is 505. The van der Waals surface area contributed by atoms with Gasteiger partial charge in [-0.3, -0.25) is 0 Å². The Balaban J connectivity index is 2.38. The highest BCUT2D eigenvalue weighted by molar-refractivity contribution is 6.19. The second kappa shape index (κ2) is 3.89. The highest BCUT2D eigenvalue weighted by Crippen LogP contribution is 2.50. The highest BCUT2D eigenvalue weighted by atomic mass is 35.5. The predicted molar refractivity (Wildman–Crippen MR) is 73.7 cm³/mol. The van der Waals surface area contributed by atoms with Gasteiger partial charge in [0.05, 0.1) is 0 Å². The van der Waals surface area contributed by atoms with Crippen LogP contribution in [0.25, 0.3) is 11.1 Å². The molecule has 2 aromatic rings. The van der Waals surface area contributed by atoms with E-state index in [0.717, 1.165) is 6.42 Å². The van der Waals surface area contributed by atoms with Gasteiger partial charge in [-0.2, -0.15) is 0 Å². The van der Waals surface area contributed by atoms with Gasteiger partial charge < -0.3 is 0 Å². The van der Waals surface area contributed by atoms with Crippen molar-refractivity contribution in [3.05, 3.63) is 59.7 Å². The van der Waals surface area contributed by atoms with Crippen LogP contribution in [-0.4, -0.2) is 5.88 Å². The molecule has 0 heterocycles. The maximum Gasteiger partial charge on any atom is 0.0361 e. The first-order chi connectivity index (χ1) is 8.33. The maximum atomic E-state index is 6.32. The Morgan fingerprint density at radius 1 is 0.882 bits per heavy atom. The molecule has 0 spiro atoms. The minimum Gasteiger partial charge on any atom is -0.125 e. The zero-order valence-electron chi connectivity index (χ0n) is 9.91. The van der Waals surface area contributed by atoms with Crippen molar-refractivity contribution in [2.24, 2.45) is 0 Å². The van der Waals surface area contributed by atoms with E-state index in [1.54, 1.807) is 0 Å². The van der Waals surface area contributed by atoms with Crippen LogP contribution >= 0.6 is 11.6 Å². The van der Waals surface area contributed by atoms with Gasteiger partial charge in [-0.05, 0) is 28.7 Å². The van der Waals surface area contributed by atoms with E-state index in [2.05, 4.69) is 55.5 Å². The Morgan fingerprint density at radius 3 is 1.76 bits per heavy atom. The number of fused-ring (bicyclic) bond motifs is 3. The Hall–Kier alpha value is -1.27. The second-order valence-electron chi connectivity index (χ2n) is 4.66. The molecule has 0 bridgehead atoms. The standard InChI is InChI=1S/C16H15Cl/c1-2-16(11-17)14-9-5-3-7-12(14)13-8-4-6-10-15(13)16/h3-10H,2,11H2,1H3. The van der Waals surface area contributed by atoms with Crippen molar-refractivity contribution < 1.29 is 0 Å². The van der Waals surface area contributed by atoms with Crippen molar-refractivity contribution in [3.63, 3.8) is 0 Å². The number of rotatable bonds is 2. The third kappa shape index (κ3) is 1.31. The largest absolute Gasteiger partial charge is 0.125 e. The van der Waals surface area contributed by atoms with Gasteiger partial charge in [-0.25, -0.2) is 0 Å². The van der Waals surface area contributed by atoms with Crippen LogP contribution in [0.1, 0.15) is 24.5 Å². The van der Waals surface area contributed by atoms with E-state index >= 15 is 0 Å². The summed E-state index contributed by atoms with van der Waals surface area (Å²) in [5, 5.41) is 0. The first kappa shape index (κ1) is 10.9. The summed E-state index contributed by atoms with van der Waals surface area (Å²) in [7, 11) is 0. The summed E-state index contributed by atoms with van der Waals surface area (Å²) >= 11 is 6.32. The molecule has 0 N–H and O–H groups in total. The molecule has 0 saturated heterocycles. The van der Waals surface area contributed by atoms with Crippen molar-refractivity contribution in [1.29, 1.82) is 0 Å². The molecule has 3 rings (SSSR count). The molecule has 0 atom stereocenters. The van der Waals surface area contributed by atoms with E-state index in [1.165, 1.54) is 22.3 Å². The van der Waals surface area contributed by atoms with Gasteiger partial charge >= 0.3 is 0 Å². The number of hydrogen-bond donors (Lipinski definition) is 0. The van der Waals surface area contributed by atoms with Gasteiger partial charge in [0.2, 0.25) is 0 Å². The van der Waals surface area contributed by atoms with Gasteiger partial charge in [-0.1, -0.05) is 55.5 Å². The molecular formula is C16H15Cl. The van der Waals surface area contributed by atoms with Crippen molar-refractivity contribution >= 4 is 11.6 Å². The summed E-state index contributed by atoms with van der Waals surface area (Å²) < 4.78 is 0. The van der Waals surface area contributed by atoms with Gasteiger partial charge in [-0.15, -0.1) is 11.6 Å². The fraction of sp³-hybridized carbons (Fsp3) is 0.250. The number of halogens is 1.